The Bertz CT molecular complexity index is 109. The third kappa shape index (κ3) is 10.7. The van der Waals surface area contributed by atoms with Gasteiger partial charge in [0.1, 0.15) is 0 Å². The van der Waals surface area contributed by atoms with Crippen LogP contribution in [0.3, 0.4) is 0 Å². The second-order valence-electron chi connectivity index (χ2n) is 3.51. The number of hydrogen-bond acceptors (Lipinski definition) is 2. The number of unbranched alkanes of at least 4 members (excludes halogenated alkanes) is 5. The molecule has 14 heavy (non-hydrogen) atoms. The molecular weight excluding hydrogens is 291 g/mol. The van der Waals surface area contributed by atoms with E-state index in [4.69, 9.17) is 4.74 Å². The molecule has 0 aromatic rings. The molecule has 1 atom stereocenters. The zero-order chi connectivity index (χ0) is 10.6. The number of rotatable bonds is 10. The van der Waals surface area contributed by atoms with E-state index in [0.717, 1.165) is 12.8 Å². The SMILES string of the molecule is CCOC(O)CCCCCCCCI. The highest BCUT2D eigenvalue weighted by molar-refractivity contribution is 14.1. The van der Waals surface area contributed by atoms with Crippen LogP contribution in [0.15, 0.2) is 0 Å². The monoisotopic (exact) mass is 314 g/mol. The predicted molar refractivity (Wildman–Crippen MR) is 68.8 cm³/mol. The summed E-state index contributed by atoms with van der Waals surface area (Å²) in [5, 5.41) is 9.27. The third-order valence-electron chi connectivity index (χ3n) is 2.19. The van der Waals surface area contributed by atoms with E-state index in [1.165, 1.54) is 36.5 Å². The third-order valence-corrected chi connectivity index (χ3v) is 2.96. The van der Waals surface area contributed by atoms with E-state index >= 15 is 0 Å². The summed E-state index contributed by atoms with van der Waals surface area (Å²) in [5.74, 6) is 0. The van der Waals surface area contributed by atoms with Gasteiger partial charge in [0.2, 0.25) is 0 Å². The highest BCUT2D eigenvalue weighted by Gasteiger charge is 2.01. The van der Waals surface area contributed by atoms with Crippen molar-refractivity contribution in [3.8, 4) is 0 Å². The fourth-order valence-electron chi connectivity index (χ4n) is 1.40. The summed E-state index contributed by atoms with van der Waals surface area (Å²) in [7, 11) is 0. The molecule has 0 saturated heterocycles. The quantitative estimate of drug-likeness (QED) is 0.289. The number of aliphatic hydroxyl groups is 1. The molecule has 0 aliphatic heterocycles. The lowest BCUT2D eigenvalue weighted by Gasteiger charge is -2.09. The second kappa shape index (κ2) is 11.7. The van der Waals surface area contributed by atoms with Gasteiger partial charge in [-0.1, -0.05) is 48.3 Å². The molecule has 0 rings (SSSR count). The Morgan fingerprint density at radius 2 is 1.64 bits per heavy atom. The van der Waals surface area contributed by atoms with Crippen LogP contribution < -0.4 is 0 Å². The van der Waals surface area contributed by atoms with Crippen LogP contribution in [0.25, 0.3) is 0 Å². The first kappa shape index (κ1) is 14.6. The molecule has 0 fully saturated rings. The molecule has 0 heterocycles. The molecule has 86 valence electrons. The zero-order valence-corrected chi connectivity index (χ0v) is 11.3. The van der Waals surface area contributed by atoms with Gasteiger partial charge in [0.05, 0.1) is 0 Å². The van der Waals surface area contributed by atoms with Crippen LogP contribution in [0.1, 0.15) is 51.9 Å². The largest absolute Gasteiger partial charge is 0.368 e. The van der Waals surface area contributed by atoms with Crippen molar-refractivity contribution in [3.05, 3.63) is 0 Å². The maximum absolute atomic E-state index is 9.27. The Labute approximate surface area is 102 Å². The Morgan fingerprint density at radius 1 is 1.07 bits per heavy atom. The summed E-state index contributed by atoms with van der Waals surface area (Å²) < 4.78 is 6.32. The van der Waals surface area contributed by atoms with E-state index in [0.29, 0.717) is 6.61 Å². The van der Waals surface area contributed by atoms with Crippen molar-refractivity contribution in [2.24, 2.45) is 0 Å². The fourth-order valence-corrected chi connectivity index (χ4v) is 1.94. The van der Waals surface area contributed by atoms with E-state index in [9.17, 15) is 5.11 Å². The molecule has 0 amide bonds. The van der Waals surface area contributed by atoms with Crippen LogP contribution in [0.2, 0.25) is 0 Å². The summed E-state index contributed by atoms with van der Waals surface area (Å²) in [4.78, 5) is 0. The first-order chi connectivity index (χ1) is 6.81. The minimum atomic E-state index is -0.533. The Morgan fingerprint density at radius 3 is 2.21 bits per heavy atom. The minimum Gasteiger partial charge on any atom is -0.368 e. The average Bonchev–Trinajstić information content (AvgIpc) is 2.17. The summed E-state index contributed by atoms with van der Waals surface area (Å²) in [6.07, 6.45) is 7.92. The molecule has 2 nitrogen and oxygen atoms in total. The van der Waals surface area contributed by atoms with Gasteiger partial charge < -0.3 is 9.84 Å². The second-order valence-corrected chi connectivity index (χ2v) is 4.59. The number of hydrogen-bond donors (Lipinski definition) is 1. The number of ether oxygens (including phenoxy) is 1. The first-order valence-corrected chi connectivity index (χ1v) is 7.19. The van der Waals surface area contributed by atoms with E-state index in [-0.39, 0.29) is 0 Å². The van der Waals surface area contributed by atoms with Gasteiger partial charge in [0.15, 0.2) is 6.29 Å². The molecule has 3 heteroatoms. The smallest absolute Gasteiger partial charge is 0.154 e. The lowest BCUT2D eigenvalue weighted by molar-refractivity contribution is -0.0994. The van der Waals surface area contributed by atoms with Crippen molar-refractivity contribution in [1.29, 1.82) is 0 Å². The fraction of sp³-hybridized carbons (Fsp3) is 1.00. The number of alkyl halides is 1. The summed E-state index contributed by atoms with van der Waals surface area (Å²) in [6.45, 7) is 2.52. The molecule has 0 aliphatic rings. The summed E-state index contributed by atoms with van der Waals surface area (Å²) in [5.41, 5.74) is 0. The molecule has 1 unspecified atom stereocenters. The Kier molecular flexibility index (Phi) is 12.3. The standard InChI is InChI=1S/C11H23IO2/c1-2-14-11(13)9-7-5-3-4-6-8-10-12/h11,13H,2-10H2,1H3. The van der Waals surface area contributed by atoms with Crippen LogP contribution >= 0.6 is 22.6 Å². The maximum atomic E-state index is 9.27. The van der Waals surface area contributed by atoms with Crippen molar-refractivity contribution in [2.45, 2.75) is 58.2 Å². The van der Waals surface area contributed by atoms with Crippen LogP contribution in [0.4, 0.5) is 0 Å². The van der Waals surface area contributed by atoms with E-state index in [1.807, 2.05) is 6.92 Å². The first-order valence-electron chi connectivity index (χ1n) is 5.67. The van der Waals surface area contributed by atoms with Gasteiger partial charge in [0.25, 0.3) is 0 Å². The average molecular weight is 314 g/mol. The lowest BCUT2D eigenvalue weighted by Crippen LogP contribution is -2.10. The van der Waals surface area contributed by atoms with Crippen molar-refractivity contribution in [3.63, 3.8) is 0 Å². The molecule has 0 spiro atoms. The van der Waals surface area contributed by atoms with E-state index < -0.39 is 6.29 Å². The number of aliphatic hydroxyl groups excluding tert-OH is 1. The molecule has 0 aromatic carbocycles. The van der Waals surface area contributed by atoms with Crippen LogP contribution in [-0.2, 0) is 4.74 Å². The Balaban J connectivity index is 2.98. The minimum absolute atomic E-state index is 0.533. The van der Waals surface area contributed by atoms with Crippen LogP contribution in [0, 0.1) is 0 Å². The van der Waals surface area contributed by atoms with Gasteiger partial charge in [-0.05, 0) is 30.6 Å². The molecule has 0 aromatic heterocycles. The molecule has 1 N–H and O–H groups in total. The summed E-state index contributed by atoms with van der Waals surface area (Å²) in [6, 6.07) is 0. The van der Waals surface area contributed by atoms with Crippen molar-refractivity contribution in [1.82, 2.24) is 0 Å². The van der Waals surface area contributed by atoms with Gasteiger partial charge in [-0.2, -0.15) is 0 Å². The normalized spacial score (nSPS) is 13.1. The van der Waals surface area contributed by atoms with Crippen molar-refractivity contribution in [2.75, 3.05) is 11.0 Å². The molecule has 0 bridgehead atoms. The van der Waals surface area contributed by atoms with Crippen LogP contribution in [0.5, 0.6) is 0 Å². The highest BCUT2D eigenvalue weighted by atomic mass is 127. The van der Waals surface area contributed by atoms with Gasteiger partial charge in [-0.25, -0.2) is 0 Å². The van der Waals surface area contributed by atoms with Gasteiger partial charge >= 0.3 is 0 Å². The van der Waals surface area contributed by atoms with Gasteiger partial charge in [-0.3, -0.25) is 0 Å². The number of halogens is 1. The summed E-state index contributed by atoms with van der Waals surface area (Å²) >= 11 is 2.42. The Hall–Kier alpha value is 0.650. The molecule has 0 radical (unpaired) electrons. The van der Waals surface area contributed by atoms with Crippen molar-refractivity contribution < 1.29 is 9.84 Å². The lowest BCUT2D eigenvalue weighted by atomic mass is 10.1. The topological polar surface area (TPSA) is 29.5 Å². The molecular formula is C11H23IO2. The highest BCUT2D eigenvalue weighted by Crippen LogP contribution is 2.09. The molecule has 0 aliphatic carbocycles. The van der Waals surface area contributed by atoms with Gasteiger partial charge in [-0.15, -0.1) is 0 Å². The van der Waals surface area contributed by atoms with E-state index in [2.05, 4.69) is 22.6 Å². The van der Waals surface area contributed by atoms with E-state index in [1.54, 1.807) is 0 Å². The zero-order valence-electron chi connectivity index (χ0n) is 9.17. The van der Waals surface area contributed by atoms with Crippen LogP contribution in [-0.4, -0.2) is 22.4 Å². The van der Waals surface area contributed by atoms with Gasteiger partial charge in [0, 0.05) is 6.61 Å². The van der Waals surface area contributed by atoms with Crippen molar-refractivity contribution >= 4 is 22.6 Å². The predicted octanol–water partition coefficient (Wildman–Crippen LogP) is 3.51. The molecule has 0 saturated carbocycles. The maximum Gasteiger partial charge on any atom is 0.154 e.